The number of amides is 1. The largest absolute Gasteiger partial charge is 0.497 e. The van der Waals surface area contributed by atoms with E-state index in [4.69, 9.17) is 4.74 Å². The highest BCUT2D eigenvalue weighted by molar-refractivity contribution is 7.89. The number of ether oxygens (including phenoxy) is 1. The molecule has 1 saturated heterocycles. The van der Waals surface area contributed by atoms with Crippen molar-refractivity contribution in [1.29, 1.82) is 0 Å². The van der Waals surface area contributed by atoms with Crippen molar-refractivity contribution in [1.82, 2.24) is 9.62 Å². The molecule has 29 heavy (non-hydrogen) atoms. The van der Waals surface area contributed by atoms with Crippen LogP contribution in [0.25, 0.3) is 0 Å². The van der Waals surface area contributed by atoms with E-state index in [-0.39, 0.29) is 17.3 Å². The van der Waals surface area contributed by atoms with Crippen LogP contribution in [0.2, 0.25) is 0 Å². The van der Waals surface area contributed by atoms with E-state index < -0.39 is 10.0 Å². The SMILES string of the molecule is COc1ccc(C#CCNC(=O)c2ccc(S(=O)(=O)N3CCCCC3)cc2)cc1. The van der Waals surface area contributed by atoms with Gasteiger partial charge in [-0.1, -0.05) is 18.3 Å². The molecule has 1 fully saturated rings. The number of carbonyl (C=O) groups excluding carboxylic acids is 1. The standard InChI is InChI=1S/C22H24N2O4S/c1-28-20-11-7-18(8-12-20)6-5-15-23-22(25)19-9-13-21(14-10-19)29(26,27)24-16-3-2-4-17-24/h7-14H,2-4,15-17H2,1H3,(H,23,25). The zero-order chi connectivity index (χ0) is 20.7. The highest BCUT2D eigenvalue weighted by Gasteiger charge is 2.25. The number of hydrogen-bond acceptors (Lipinski definition) is 4. The number of sulfonamides is 1. The quantitative estimate of drug-likeness (QED) is 0.766. The van der Waals surface area contributed by atoms with E-state index in [1.165, 1.54) is 28.6 Å². The number of piperidine rings is 1. The Morgan fingerprint density at radius 3 is 2.31 bits per heavy atom. The van der Waals surface area contributed by atoms with Crippen LogP contribution < -0.4 is 10.1 Å². The molecule has 0 spiro atoms. The van der Waals surface area contributed by atoms with Gasteiger partial charge >= 0.3 is 0 Å². The zero-order valence-electron chi connectivity index (χ0n) is 16.3. The highest BCUT2D eigenvalue weighted by atomic mass is 32.2. The molecule has 1 N–H and O–H groups in total. The van der Waals surface area contributed by atoms with Gasteiger partial charge < -0.3 is 10.1 Å². The normalized spacial score (nSPS) is 14.5. The Morgan fingerprint density at radius 2 is 1.69 bits per heavy atom. The van der Waals surface area contributed by atoms with E-state index in [1.54, 1.807) is 7.11 Å². The number of methoxy groups -OCH3 is 1. The summed E-state index contributed by atoms with van der Waals surface area (Å²) in [6.07, 6.45) is 2.83. The molecule has 0 bridgehead atoms. The van der Waals surface area contributed by atoms with Gasteiger partial charge in [0, 0.05) is 24.2 Å². The van der Waals surface area contributed by atoms with Gasteiger partial charge in [-0.3, -0.25) is 4.79 Å². The van der Waals surface area contributed by atoms with Crippen LogP contribution in [0.3, 0.4) is 0 Å². The molecule has 0 unspecified atom stereocenters. The van der Waals surface area contributed by atoms with Crippen LogP contribution in [-0.2, 0) is 10.0 Å². The lowest BCUT2D eigenvalue weighted by Crippen LogP contribution is -2.35. The third-order valence-corrected chi connectivity index (χ3v) is 6.64. The van der Waals surface area contributed by atoms with Gasteiger partial charge in [-0.25, -0.2) is 8.42 Å². The topological polar surface area (TPSA) is 75.7 Å². The van der Waals surface area contributed by atoms with Crippen LogP contribution in [-0.4, -0.2) is 45.4 Å². The molecular weight excluding hydrogens is 388 g/mol. The van der Waals surface area contributed by atoms with Crippen molar-refractivity contribution in [3.63, 3.8) is 0 Å². The molecule has 7 heteroatoms. The van der Waals surface area contributed by atoms with Crippen LogP contribution in [0.4, 0.5) is 0 Å². The van der Waals surface area contributed by atoms with Crippen molar-refractivity contribution >= 4 is 15.9 Å². The number of nitrogens with one attached hydrogen (secondary N) is 1. The Bertz CT molecular complexity index is 998. The molecular formula is C22H24N2O4S. The molecule has 1 heterocycles. The summed E-state index contributed by atoms with van der Waals surface area (Å²) in [5.41, 5.74) is 1.22. The summed E-state index contributed by atoms with van der Waals surface area (Å²) in [6.45, 7) is 1.30. The minimum atomic E-state index is -3.49. The average Bonchev–Trinajstić information content (AvgIpc) is 2.77. The lowest BCUT2D eigenvalue weighted by atomic mass is 10.2. The maximum atomic E-state index is 12.7. The van der Waals surface area contributed by atoms with Crippen LogP contribution in [0.1, 0.15) is 35.2 Å². The van der Waals surface area contributed by atoms with Crippen molar-refractivity contribution in [2.75, 3.05) is 26.7 Å². The number of carbonyl (C=O) groups is 1. The second-order valence-electron chi connectivity index (χ2n) is 6.70. The maximum Gasteiger partial charge on any atom is 0.252 e. The fourth-order valence-electron chi connectivity index (χ4n) is 3.08. The molecule has 6 nitrogen and oxygen atoms in total. The molecule has 0 saturated carbocycles. The van der Waals surface area contributed by atoms with Crippen LogP contribution in [0.15, 0.2) is 53.4 Å². The van der Waals surface area contributed by atoms with E-state index in [0.29, 0.717) is 18.7 Å². The number of nitrogens with zero attached hydrogens (tertiary/aromatic N) is 1. The molecule has 1 aliphatic rings. The Morgan fingerprint density at radius 1 is 1.03 bits per heavy atom. The van der Waals surface area contributed by atoms with E-state index in [0.717, 1.165) is 30.6 Å². The lowest BCUT2D eigenvalue weighted by molar-refractivity contribution is 0.0958. The number of benzene rings is 2. The number of rotatable bonds is 5. The lowest BCUT2D eigenvalue weighted by Gasteiger charge is -2.25. The molecule has 0 atom stereocenters. The summed E-state index contributed by atoms with van der Waals surface area (Å²) in [6, 6.07) is 13.4. The van der Waals surface area contributed by atoms with Gasteiger partial charge in [0.25, 0.3) is 5.91 Å². The minimum Gasteiger partial charge on any atom is -0.497 e. The zero-order valence-corrected chi connectivity index (χ0v) is 17.2. The molecule has 2 aromatic rings. The summed E-state index contributed by atoms with van der Waals surface area (Å²) in [4.78, 5) is 12.5. The van der Waals surface area contributed by atoms with Crippen LogP contribution in [0, 0.1) is 11.8 Å². The first-order valence-corrected chi connectivity index (χ1v) is 11.0. The smallest absolute Gasteiger partial charge is 0.252 e. The summed E-state index contributed by atoms with van der Waals surface area (Å²) >= 11 is 0. The predicted molar refractivity (Wildman–Crippen MR) is 111 cm³/mol. The van der Waals surface area contributed by atoms with Crippen molar-refractivity contribution in [2.45, 2.75) is 24.2 Å². The Labute approximate surface area is 171 Å². The van der Waals surface area contributed by atoms with Crippen molar-refractivity contribution in [2.24, 2.45) is 0 Å². The first-order chi connectivity index (χ1) is 14.0. The monoisotopic (exact) mass is 412 g/mol. The third kappa shape index (κ3) is 5.37. The summed E-state index contributed by atoms with van der Waals surface area (Å²) < 4.78 is 31.9. The van der Waals surface area contributed by atoms with Gasteiger partial charge in [-0.05, 0) is 61.4 Å². The second-order valence-corrected chi connectivity index (χ2v) is 8.64. The average molecular weight is 413 g/mol. The molecule has 152 valence electrons. The van der Waals surface area contributed by atoms with Gasteiger partial charge in [-0.2, -0.15) is 4.31 Å². The Hall–Kier alpha value is -2.82. The molecule has 0 aliphatic carbocycles. The van der Waals surface area contributed by atoms with Crippen LogP contribution in [0.5, 0.6) is 5.75 Å². The summed E-state index contributed by atoms with van der Waals surface area (Å²) in [5, 5.41) is 2.72. The Balaban J connectivity index is 1.57. The van der Waals surface area contributed by atoms with E-state index in [1.807, 2.05) is 24.3 Å². The van der Waals surface area contributed by atoms with Gasteiger partial charge in [0.2, 0.25) is 10.0 Å². The fourth-order valence-corrected chi connectivity index (χ4v) is 4.60. The molecule has 0 radical (unpaired) electrons. The third-order valence-electron chi connectivity index (χ3n) is 4.73. The molecule has 3 rings (SSSR count). The number of hydrogen-bond donors (Lipinski definition) is 1. The van der Waals surface area contributed by atoms with Gasteiger partial charge in [0.1, 0.15) is 5.75 Å². The van der Waals surface area contributed by atoms with Crippen molar-refractivity contribution < 1.29 is 17.9 Å². The van der Waals surface area contributed by atoms with Gasteiger partial charge in [0.05, 0.1) is 18.6 Å². The van der Waals surface area contributed by atoms with Gasteiger partial charge in [-0.15, -0.1) is 0 Å². The van der Waals surface area contributed by atoms with E-state index in [9.17, 15) is 13.2 Å². The molecule has 1 aliphatic heterocycles. The molecule has 1 amide bonds. The van der Waals surface area contributed by atoms with E-state index in [2.05, 4.69) is 17.2 Å². The maximum absolute atomic E-state index is 12.7. The second kappa shape index (κ2) is 9.59. The predicted octanol–water partition coefficient (Wildman–Crippen LogP) is 2.65. The van der Waals surface area contributed by atoms with E-state index >= 15 is 0 Å². The summed E-state index contributed by atoms with van der Waals surface area (Å²) in [5.74, 6) is 6.32. The van der Waals surface area contributed by atoms with Gasteiger partial charge in [0.15, 0.2) is 0 Å². The first-order valence-electron chi connectivity index (χ1n) is 9.52. The van der Waals surface area contributed by atoms with Crippen molar-refractivity contribution in [3.05, 3.63) is 59.7 Å². The molecule has 2 aromatic carbocycles. The highest BCUT2D eigenvalue weighted by Crippen LogP contribution is 2.20. The first kappa shape index (κ1) is 20.9. The van der Waals surface area contributed by atoms with Crippen molar-refractivity contribution in [3.8, 4) is 17.6 Å². The minimum absolute atomic E-state index is 0.193. The van der Waals surface area contributed by atoms with Crippen LogP contribution >= 0.6 is 0 Å². The fraction of sp³-hybridized carbons (Fsp3) is 0.318. The molecule has 0 aromatic heterocycles. The Kier molecular flexibility index (Phi) is 6.91. The summed E-state index contributed by atoms with van der Waals surface area (Å²) in [7, 11) is -1.89.